The second-order valence-corrected chi connectivity index (χ2v) is 7.58. The van der Waals surface area contributed by atoms with Gasteiger partial charge in [0, 0.05) is 18.2 Å². The van der Waals surface area contributed by atoms with Gasteiger partial charge in [-0.2, -0.15) is 0 Å². The molecule has 0 N–H and O–H groups in total. The van der Waals surface area contributed by atoms with Crippen LogP contribution in [0.5, 0.6) is 23.0 Å². The number of hydrogen-bond acceptors (Lipinski definition) is 6. The molecule has 0 unspecified atom stereocenters. The summed E-state index contributed by atoms with van der Waals surface area (Å²) in [4.78, 5) is 16.9. The van der Waals surface area contributed by atoms with Crippen LogP contribution in [0.4, 0.5) is 5.69 Å². The molecule has 0 spiro atoms. The van der Waals surface area contributed by atoms with Crippen LogP contribution in [-0.4, -0.2) is 40.4 Å². The minimum Gasteiger partial charge on any atom is -0.495 e. The minimum atomic E-state index is -0.0771. The van der Waals surface area contributed by atoms with Crippen LogP contribution >= 0.6 is 11.6 Å². The summed E-state index contributed by atoms with van der Waals surface area (Å²) in [6.45, 7) is 0. The molecule has 0 aromatic heterocycles. The maximum absolute atomic E-state index is 12.4. The van der Waals surface area contributed by atoms with E-state index in [1.54, 1.807) is 45.7 Å². The smallest absolute Gasteiger partial charge is 0.203 e. The van der Waals surface area contributed by atoms with Gasteiger partial charge in [0.25, 0.3) is 0 Å². The van der Waals surface area contributed by atoms with Gasteiger partial charge in [-0.15, -0.1) is 0 Å². The molecule has 176 valence electrons. The van der Waals surface area contributed by atoms with Crippen LogP contribution in [0.2, 0.25) is 5.02 Å². The number of methoxy groups -OCH3 is 4. The summed E-state index contributed by atoms with van der Waals surface area (Å²) in [5, 5.41) is 0.400. The first kappa shape index (κ1) is 24.9. The molecule has 7 heteroatoms. The Kier molecular flexibility index (Phi) is 8.71. The number of hydrogen-bond donors (Lipinski definition) is 0. The lowest BCUT2D eigenvalue weighted by molar-refractivity contribution is 0.100. The number of carbonyl (C=O) groups excluding carboxylic acids is 1. The van der Waals surface area contributed by atoms with Crippen molar-refractivity contribution in [2.24, 2.45) is 4.99 Å². The first-order valence-corrected chi connectivity index (χ1v) is 10.8. The second kappa shape index (κ2) is 11.9. The van der Waals surface area contributed by atoms with E-state index >= 15 is 0 Å². The highest BCUT2D eigenvalue weighted by Crippen LogP contribution is 2.38. The predicted octanol–water partition coefficient (Wildman–Crippen LogP) is 6.52. The van der Waals surface area contributed by atoms with Crippen LogP contribution < -0.4 is 18.9 Å². The SMILES string of the molecule is COc1ccc(C(=O)CC=Nc2cccc(/C=C\c3cc(OC)c(OC)c(OC)c3)c2)cc1Cl. The fourth-order valence-corrected chi connectivity index (χ4v) is 3.55. The average Bonchev–Trinajstić information content (AvgIpc) is 2.86. The summed E-state index contributed by atoms with van der Waals surface area (Å²) in [6, 6.07) is 16.4. The van der Waals surface area contributed by atoms with Gasteiger partial charge in [0.05, 0.1) is 39.1 Å². The predicted molar refractivity (Wildman–Crippen MR) is 137 cm³/mol. The largest absolute Gasteiger partial charge is 0.495 e. The number of carbonyl (C=O) groups is 1. The van der Waals surface area contributed by atoms with Gasteiger partial charge in [0.15, 0.2) is 17.3 Å². The van der Waals surface area contributed by atoms with Crippen molar-refractivity contribution in [3.63, 3.8) is 0 Å². The fraction of sp³-hybridized carbons (Fsp3) is 0.185. The third kappa shape index (κ3) is 6.17. The number of aliphatic imine (C=N–C) groups is 1. The Hall–Kier alpha value is -3.77. The molecule has 0 amide bonds. The van der Waals surface area contributed by atoms with Crippen molar-refractivity contribution in [1.29, 1.82) is 0 Å². The molecule has 0 heterocycles. The lowest BCUT2D eigenvalue weighted by atomic mass is 10.1. The molecular weight excluding hydrogens is 454 g/mol. The van der Waals surface area contributed by atoms with Crippen molar-refractivity contribution in [2.75, 3.05) is 28.4 Å². The van der Waals surface area contributed by atoms with E-state index in [0.29, 0.717) is 33.6 Å². The molecule has 0 saturated carbocycles. The van der Waals surface area contributed by atoms with E-state index in [-0.39, 0.29) is 12.2 Å². The molecule has 3 rings (SSSR count). The third-order valence-electron chi connectivity index (χ3n) is 5.02. The normalized spacial score (nSPS) is 11.1. The van der Waals surface area contributed by atoms with E-state index < -0.39 is 0 Å². The maximum atomic E-state index is 12.4. The Balaban J connectivity index is 1.70. The lowest BCUT2D eigenvalue weighted by Crippen LogP contribution is -1.99. The van der Waals surface area contributed by atoms with Crippen LogP contribution in [0.3, 0.4) is 0 Å². The molecule has 0 radical (unpaired) electrons. The molecular formula is C27H26ClNO5. The Labute approximate surface area is 204 Å². The summed E-state index contributed by atoms with van der Waals surface area (Å²) < 4.78 is 21.3. The maximum Gasteiger partial charge on any atom is 0.203 e. The molecule has 3 aromatic rings. The van der Waals surface area contributed by atoms with E-state index in [2.05, 4.69) is 4.99 Å². The van der Waals surface area contributed by atoms with Crippen LogP contribution in [-0.2, 0) is 0 Å². The first-order chi connectivity index (χ1) is 16.5. The van der Waals surface area contributed by atoms with Gasteiger partial charge in [-0.1, -0.05) is 35.9 Å². The Morgan fingerprint density at radius 2 is 1.50 bits per heavy atom. The van der Waals surface area contributed by atoms with Gasteiger partial charge in [-0.25, -0.2) is 0 Å². The molecule has 34 heavy (non-hydrogen) atoms. The standard InChI is InChI=1S/C27H26ClNO5/c1-31-24-11-10-20(17-22(24)28)23(30)12-13-29-21-7-5-6-18(14-21)8-9-19-15-25(32-2)27(34-4)26(16-19)33-3/h5-11,13-17H,12H2,1-4H3/b9-8-,29-13?. The Bertz CT molecular complexity index is 1190. The zero-order valence-corrected chi connectivity index (χ0v) is 20.3. The summed E-state index contributed by atoms with van der Waals surface area (Å²) in [5.74, 6) is 2.17. The average molecular weight is 480 g/mol. The minimum absolute atomic E-state index is 0.0771. The van der Waals surface area contributed by atoms with Crippen molar-refractivity contribution in [3.05, 3.63) is 76.3 Å². The van der Waals surface area contributed by atoms with Gasteiger partial charge in [-0.3, -0.25) is 9.79 Å². The van der Waals surface area contributed by atoms with E-state index in [0.717, 1.165) is 16.8 Å². The number of benzene rings is 3. The summed E-state index contributed by atoms with van der Waals surface area (Å²) >= 11 is 6.11. The number of rotatable bonds is 10. The van der Waals surface area contributed by atoms with Crippen LogP contribution in [0, 0.1) is 0 Å². The lowest BCUT2D eigenvalue weighted by Gasteiger charge is -2.12. The van der Waals surface area contributed by atoms with Crippen molar-refractivity contribution in [1.82, 2.24) is 0 Å². The highest BCUT2D eigenvalue weighted by molar-refractivity contribution is 6.32. The fourth-order valence-electron chi connectivity index (χ4n) is 3.29. The van der Waals surface area contributed by atoms with Gasteiger partial charge in [0.2, 0.25) is 5.75 Å². The molecule has 6 nitrogen and oxygen atoms in total. The topological polar surface area (TPSA) is 66.4 Å². The number of nitrogens with zero attached hydrogens (tertiary/aromatic N) is 1. The molecule has 0 bridgehead atoms. The molecule has 0 aliphatic heterocycles. The van der Waals surface area contributed by atoms with Crippen LogP contribution in [0.25, 0.3) is 12.2 Å². The molecule has 3 aromatic carbocycles. The third-order valence-corrected chi connectivity index (χ3v) is 5.31. The summed E-state index contributed by atoms with van der Waals surface area (Å²) in [5.41, 5.74) is 3.11. The Morgan fingerprint density at radius 1 is 0.824 bits per heavy atom. The highest BCUT2D eigenvalue weighted by Gasteiger charge is 2.12. The van der Waals surface area contributed by atoms with Crippen molar-refractivity contribution < 1.29 is 23.7 Å². The summed E-state index contributed by atoms with van der Waals surface area (Å²) in [7, 11) is 6.27. The van der Waals surface area contributed by atoms with Crippen molar-refractivity contribution in [2.45, 2.75) is 6.42 Å². The Morgan fingerprint density at radius 3 is 2.12 bits per heavy atom. The highest BCUT2D eigenvalue weighted by atomic mass is 35.5. The van der Waals surface area contributed by atoms with Gasteiger partial charge in [0.1, 0.15) is 5.75 Å². The number of ketones is 1. The van der Waals surface area contributed by atoms with Crippen molar-refractivity contribution >= 4 is 41.4 Å². The molecule has 0 fully saturated rings. The quantitative estimate of drug-likeness (QED) is 0.188. The number of ether oxygens (including phenoxy) is 4. The van der Waals surface area contributed by atoms with E-state index in [9.17, 15) is 4.79 Å². The van der Waals surface area contributed by atoms with Gasteiger partial charge < -0.3 is 18.9 Å². The molecule has 0 aliphatic carbocycles. The molecule has 0 aliphatic rings. The monoisotopic (exact) mass is 479 g/mol. The van der Waals surface area contributed by atoms with E-state index in [4.69, 9.17) is 30.5 Å². The zero-order chi connectivity index (χ0) is 24.5. The van der Waals surface area contributed by atoms with E-state index in [1.165, 1.54) is 7.11 Å². The number of halogens is 1. The molecule has 0 atom stereocenters. The second-order valence-electron chi connectivity index (χ2n) is 7.18. The van der Waals surface area contributed by atoms with Crippen LogP contribution in [0.15, 0.2) is 59.6 Å². The summed E-state index contributed by atoms with van der Waals surface area (Å²) in [6.07, 6.45) is 5.67. The first-order valence-electron chi connectivity index (χ1n) is 10.5. The van der Waals surface area contributed by atoms with E-state index in [1.807, 2.05) is 48.6 Å². The number of Topliss-reactive ketones (excluding diaryl/α,β-unsaturated/α-hetero) is 1. The van der Waals surface area contributed by atoms with Gasteiger partial charge >= 0.3 is 0 Å². The van der Waals surface area contributed by atoms with Crippen molar-refractivity contribution in [3.8, 4) is 23.0 Å². The van der Waals surface area contributed by atoms with Gasteiger partial charge in [-0.05, 0) is 53.6 Å². The van der Waals surface area contributed by atoms with Crippen LogP contribution in [0.1, 0.15) is 27.9 Å². The molecule has 0 saturated heterocycles. The zero-order valence-electron chi connectivity index (χ0n) is 19.5.